The van der Waals surface area contributed by atoms with E-state index in [2.05, 4.69) is 5.32 Å². The Morgan fingerprint density at radius 2 is 1.82 bits per heavy atom. The fourth-order valence-electron chi connectivity index (χ4n) is 2.27. The minimum absolute atomic E-state index is 0.129. The number of hydrogen-bond donors (Lipinski definition) is 2. The molecule has 0 atom stereocenters. The molecule has 2 amide bonds. The van der Waals surface area contributed by atoms with Crippen LogP contribution in [0.1, 0.15) is 15.9 Å². The highest BCUT2D eigenvalue weighted by Crippen LogP contribution is 2.16. The van der Waals surface area contributed by atoms with Crippen LogP contribution in [0.4, 0.5) is 5.69 Å². The normalized spacial score (nSPS) is 10.1. The van der Waals surface area contributed by atoms with Gasteiger partial charge in [0, 0.05) is 18.8 Å². The predicted molar refractivity (Wildman–Crippen MR) is 102 cm³/mol. The van der Waals surface area contributed by atoms with Gasteiger partial charge in [0.15, 0.2) is 6.61 Å². The molecule has 0 spiro atoms. The molecule has 2 N–H and O–H groups in total. The zero-order valence-electron chi connectivity index (χ0n) is 15.7. The second-order valence-corrected chi connectivity index (χ2v) is 5.96. The first-order valence-electron chi connectivity index (χ1n) is 8.47. The molecule has 8 nitrogen and oxygen atoms in total. The molecule has 0 aliphatic heterocycles. The number of anilines is 1. The summed E-state index contributed by atoms with van der Waals surface area (Å²) < 4.78 is 10.1. The van der Waals surface area contributed by atoms with Gasteiger partial charge in [-0.1, -0.05) is 18.2 Å². The molecule has 0 unspecified atom stereocenters. The zero-order chi connectivity index (χ0) is 20.5. The van der Waals surface area contributed by atoms with Crippen molar-refractivity contribution in [2.24, 2.45) is 0 Å². The Hall–Kier alpha value is -3.39. The van der Waals surface area contributed by atoms with Crippen LogP contribution in [0.25, 0.3) is 0 Å². The summed E-state index contributed by atoms with van der Waals surface area (Å²) in [6, 6.07) is 13.0. The lowest BCUT2D eigenvalue weighted by Gasteiger charge is -2.17. The number of methoxy groups -OCH3 is 1. The predicted octanol–water partition coefficient (Wildman–Crippen LogP) is 1.44. The smallest absolute Gasteiger partial charge is 0.338 e. The molecule has 0 fully saturated rings. The number of aliphatic hydroxyl groups is 1. The van der Waals surface area contributed by atoms with Gasteiger partial charge in [-0.25, -0.2) is 4.79 Å². The molecule has 0 aliphatic carbocycles. The van der Waals surface area contributed by atoms with Crippen molar-refractivity contribution in [2.45, 2.75) is 6.61 Å². The van der Waals surface area contributed by atoms with Gasteiger partial charge in [0.25, 0.3) is 5.91 Å². The second kappa shape index (κ2) is 10.1. The van der Waals surface area contributed by atoms with Crippen LogP contribution >= 0.6 is 0 Å². The summed E-state index contributed by atoms with van der Waals surface area (Å²) in [6.07, 6.45) is 0. The van der Waals surface area contributed by atoms with E-state index in [4.69, 9.17) is 14.6 Å². The summed E-state index contributed by atoms with van der Waals surface area (Å²) in [7, 11) is 2.97. The fraction of sp³-hybridized carbons (Fsp3) is 0.250. The maximum atomic E-state index is 12.1. The standard InChI is InChI=1S/C20H22N2O6/c1-22(11-18(24)21-16-4-3-5-17(10-16)27-2)19(25)13-28-20(26)15-8-6-14(12-23)7-9-15/h3-10,23H,11-13H2,1-2H3,(H,21,24). The monoisotopic (exact) mass is 386 g/mol. The SMILES string of the molecule is COc1cccc(NC(=O)CN(C)C(=O)COC(=O)c2ccc(CO)cc2)c1. The third-order valence-electron chi connectivity index (χ3n) is 3.86. The molecule has 0 bridgehead atoms. The van der Waals surface area contributed by atoms with Gasteiger partial charge in [-0.3, -0.25) is 9.59 Å². The summed E-state index contributed by atoms with van der Waals surface area (Å²) in [5.41, 5.74) is 1.47. The highest BCUT2D eigenvalue weighted by Gasteiger charge is 2.16. The first kappa shape index (κ1) is 20.9. The van der Waals surface area contributed by atoms with Crippen LogP contribution in [0, 0.1) is 0 Å². The van der Waals surface area contributed by atoms with Crippen LogP contribution < -0.4 is 10.1 Å². The van der Waals surface area contributed by atoms with Gasteiger partial charge in [-0.05, 0) is 29.8 Å². The molecule has 28 heavy (non-hydrogen) atoms. The average Bonchev–Trinajstić information content (AvgIpc) is 2.71. The Kier molecular flexibility index (Phi) is 7.53. The molecule has 0 heterocycles. The van der Waals surface area contributed by atoms with Crippen LogP contribution in [-0.4, -0.2) is 55.1 Å². The number of benzene rings is 2. The van der Waals surface area contributed by atoms with Gasteiger partial charge in [-0.15, -0.1) is 0 Å². The number of rotatable bonds is 8. The molecule has 0 radical (unpaired) electrons. The topological polar surface area (TPSA) is 105 Å². The summed E-state index contributed by atoms with van der Waals surface area (Å²) in [6.45, 7) is -0.807. The first-order valence-corrected chi connectivity index (χ1v) is 8.47. The third-order valence-corrected chi connectivity index (χ3v) is 3.86. The number of likely N-dealkylation sites (N-methyl/N-ethyl adjacent to an activating group) is 1. The number of esters is 1. The molecule has 2 aromatic rings. The van der Waals surface area contributed by atoms with Crippen LogP contribution in [0.2, 0.25) is 0 Å². The zero-order valence-corrected chi connectivity index (χ0v) is 15.7. The Labute approximate surface area is 162 Å². The molecular weight excluding hydrogens is 364 g/mol. The van der Waals surface area contributed by atoms with Crippen molar-refractivity contribution in [3.05, 3.63) is 59.7 Å². The second-order valence-electron chi connectivity index (χ2n) is 5.96. The van der Waals surface area contributed by atoms with Crippen LogP contribution in [-0.2, 0) is 20.9 Å². The van der Waals surface area contributed by atoms with E-state index < -0.39 is 24.4 Å². The lowest BCUT2D eigenvalue weighted by atomic mass is 10.1. The molecule has 8 heteroatoms. The van der Waals surface area contributed by atoms with Crippen molar-refractivity contribution in [1.82, 2.24) is 4.90 Å². The maximum Gasteiger partial charge on any atom is 0.338 e. The highest BCUT2D eigenvalue weighted by molar-refractivity contribution is 5.95. The van der Waals surface area contributed by atoms with E-state index in [-0.39, 0.29) is 18.7 Å². The highest BCUT2D eigenvalue weighted by atomic mass is 16.5. The van der Waals surface area contributed by atoms with Crippen molar-refractivity contribution in [2.75, 3.05) is 32.6 Å². The Morgan fingerprint density at radius 1 is 1.11 bits per heavy atom. The van der Waals surface area contributed by atoms with E-state index >= 15 is 0 Å². The molecule has 0 saturated heterocycles. The quantitative estimate of drug-likeness (QED) is 0.665. The summed E-state index contributed by atoms with van der Waals surface area (Å²) in [5, 5.41) is 11.7. The minimum Gasteiger partial charge on any atom is -0.497 e. The molecule has 0 aromatic heterocycles. The number of nitrogens with zero attached hydrogens (tertiary/aromatic N) is 1. The van der Waals surface area contributed by atoms with E-state index in [0.717, 1.165) is 4.90 Å². The van der Waals surface area contributed by atoms with E-state index in [1.165, 1.54) is 26.3 Å². The average molecular weight is 386 g/mol. The number of hydrogen-bond acceptors (Lipinski definition) is 6. The van der Waals surface area contributed by atoms with E-state index in [0.29, 0.717) is 17.0 Å². The van der Waals surface area contributed by atoms with Crippen molar-refractivity contribution < 1.29 is 29.0 Å². The lowest BCUT2D eigenvalue weighted by Crippen LogP contribution is -2.37. The third kappa shape index (κ3) is 6.10. The van der Waals surface area contributed by atoms with Gasteiger partial charge < -0.3 is 24.8 Å². The number of carbonyl (C=O) groups excluding carboxylic acids is 3. The molecule has 2 rings (SSSR count). The lowest BCUT2D eigenvalue weighted by molar-refractivity contribution is -0.136. The summed E-state index contributed by atoms with van der Waals surface area (Å²) in [4.78, 5) is 37.3. The maximum absolute atomic E-state index is 12.1. The number of aliphatic hydroxyl groups excluding tert-OH is 1. The van der Waals surface area contributed by atoms with Crippen LogP contribution in [0.5, 0.6) is 5.75 Å². The number of ether oxygens (including phenoxy) is 2. The van der Waals surface area contributed by atoms with Gasteiger partial charge >= 0.3 is 5.97 Å². The van der Waals surface area contributed by atoms with Gasteiger partial charge in [0.1, 0.15) is 5.75 Å². The van der Waals surface area contributed by atoms with Gasteiger partial charge in [0.2, 0.25) is 5.91 Å². The molecule has 148 valence electrons. The number of carbonyl (C=O) groups is 3. The summed E-state index contributed by atoms with van der Waals surface area (Å²) in [5.74, 6) is -0.968. The van der Waals surface area contributed by atoms with E-state index in [1.54, 1.807) is 36.4 Å². The Bertz CT molecular complexity index is 835. The number of amides is 2. The Balaban J connectivity index is 1.81. The van der Waals surface area contributed by atoms with Crippen molar-refractivity contribution in [3.63, 3.8) is 0 Å². The largest absolute Gasteiger partial charge is 0.497 e. The van der Waals surface area contributed by atoms with Crippen molar-refractivity contribution in [1.29, 1.82) is 0 Å². The summed E-state index contributed by atoms with van der Waals surface area (Å²) >= 11 is 0. The van der Waals surface area contributed by atoms with E-state index in [1.807, 2.05) is 0 Å². The van der Waals surface area contributed by atoms with E-state index in [9.17, 15) is 14.4 Å². The molecular formula is C20H22N2O6. The van der Waals surface area contributed by atoms with Gasteiger partial charge in [-0.2, -0.15) is 0 Å². The van der Waals surface area contributed by atoms with Gasteiger partial charge in [0.05, 0.1) is 25.8 Å². The van der Waals surface area contributed by atoms with Crippen LogP contribution in [0.15, 0.2) is 48.5 Å². The van der Waals surface area contributed by atoms with Crippen molar-refractivity contribution in [3.8, 4) is 5.75 Å². The van der Waals surface area contributed by atoms with Crippen molar-refractivity contribution >= 4 is 23.5 Å². The molecule has 2 aromatic carbocycles. The van der Waals surface area contributed by atoms with Crippen LogP contribution in [0.3, 0.4) is 0 Å². The fourth-order valence-corrected chi connectivity index (χ4v) is 2.27. The molecule has 0 aliphatic rings. The molecule has 0 saturated carbocycles. The first-order chi connectivity index (χ1) is 13.4. The minimum atomic E-state index is -0.660. The number of nitrogens with one attached hydrogen (secondary N) is 1. The Morgan fingerprint density at radius 3 is 2.46 bits per heavy atom.